The minimum atomic E-state index is 0.503. The Balaban J connectivity index is 2.60. The third-order valence-electron chi connectivity index (χ3n) is 2.87. The van der Waals surface area contributed by atoms with Crippen LogP contribution in [0, 0.1) is 0 Å². The van der Waals surface area contributed by atoms with Crippen molar-refractivity contribution in [3.8, 4) is 0 Å². The molecule has 0 radical (unpaired) electrons. The number of fused-ring (bicyclic) bond motifs is 3. The highest BCUT2D eigenvalue weighted by Crippen LogP contribution is 2.26. The van der Waals surface area contributed by atoms with E-state index in [4.69, 9.17) is 0 Å². The average Bonchev–Trinajstić information content (AvgIpc) is 2.66. The Morgan fingerprint density at radius 3 is 2.75 bits per heavy atom. The lowest BCUT2D eigenvalue weighted by Crippen LogP contribution is -1.91. The molecule has 3 aromatic rings. The lowest BCUT2D eigenvalue weighted by atomic mass is 10.1. The molecule has 0 saturated heterocycles. The summed E-state index contributed by atoms with van der Waals surface area (Å²) in [4.78, 5) is 10.9. The van der Waals surface area contributed by atoms with Crippen LogP contribution < -0.4 is 0 Å². The predicted molar refractivity (Wildman–Crippen MR) is 63.6 cm³/mol. The molecule has 1 heterocycles. The molecule has 3 nitrogen and oxygen atoms in total. The summed E-state index contributed by atoms with van der Waals surface area (Å²) in [7, 11) is 1.86. The summed E-state index contributed by atoms with van der Waals surface area (Å²) in [6, 6.07) is 12.1. The monoisotopic (exact) mass is 210 g/mol. The van der Waals surface area contributed by atoms with Crippen LogP contribution in [0.5, 0.6) is 0 Å². The van der Waals surface area contributed by atoms with E-state index in [0.717, 1.165) is 28.0 Å². The van der Waals surface area contributed by atoms with Crippen molar-refractivity contribution in [3.05, 3.63) is 42.1 Å². The Hall–Kier alpha value is -2.16. The van der Waals surface area contributed by atoms with Crippen molar-refractivity contribution in [2.75, 3.05) is 0 Å². The van der Waals surface area contributed by atoms with Gasteiger partial charge < -0.3 is 0 Å². The highest BCUT2D eigenvalue weighted by Gasteiger charge is 2.09. The molecule has 0 unspecified atom stereocenters. The zero-order valence-corrected chi connectivity index (χ0v) is 8.84. The van der Waals surface area contributed by atoms with Crippen molar-refractivity contribution in [3.63, 3.8) is 0 Å². The van der Waals surface area contributed by atoms with Gasteiger partial charge in [0.1, 0.15) is 5.69 Å². The molecule has 0 N–H and O–H groups in total. The lowest BCUT2D eigenvalue weighted by molar-refractivity contribution is 0.112. The third-order valence-corrected chi connectivity index (χ3v) is 2.87. The maximum atomic E-state index is 10.9. The summed E-state index contributed by atoms with van der Waals surface area (Å²) in [5, 5.41) is 7.41. The molecule has 78 valence electrons. The van der Waals surface area contributed by atoms with E-state index >= 15 is 0 Å². The van der Waals surface area contributed by atoms with Crippen molar-refractivity contribution >= 4 is 28.0 Å². The van der Waals surface area contributed by atoms with E-state index < -0.39 is 0 Å². The van der Waals surface area contributed by atoms with Gasteiger partial charge >= 0.3 is 0 Å². The summed E-state index contributed by atoms with van der Waals surface area (Å²) in [6.07, 6.45) is 0.803. The Kier molecular flexibility index (Phi) is 1.80. The van der Waals surface area contributed by atoms with E-state index in [2.05, 4.69) is 11.2 Å². The first-order chi connectivity index (χ1) is 7.81. The second-order valence-electron chi connectivity index (χ2n) is 3.81. The molecule has 0 amide bonds. The predicted octanol–water partition coefficient (Wildman–Crippen LogP) is 2.54. The highest BCUT2D eigenvalue weighted by molar-refractivity contribution is 6.09. The van der Waals surface area contributed by atoms with Gasteiger partial charge in [0.05, 0.1) is 5.52 Å². The van der Waals surface area contributed by atoms with Gasteiger partial charge in [-0.1, -0.05) is 30.3 Å². The van der Waals surface area contributed by atoms with Gasteiger partial charge in [-0.25, -0.2) is 0 Å². The maximum absolute atomic E-state index is 10.9. The molecule has 0 bridgehead atoms. The minimum Gasteiger partial charge on any atom is -0.296 e. The van der Waals surface area contributed by atoms with Crippen molar-refractivity contribution in [2.24, 2.45) is 7.05 Å². The molecule has 0 atom stereocenters. The Labute approximate surface area is 92.3 Å². The summed E-state index contributed by atoms with van der Waals surface area (Å²) >= 11 is 0. The van der Waals surface area contributed by atoms with Gasteiger partial charge in [-0.2, -0.15) is 5.10 Å². The SMILES string of the molecule is Cn1nc(C=O)c2ccc3ccccc3c21. The number of benzene rings is 2. The molecule has 0 aliphatic rings. The van der Waals surface area contributed by atoms with Gasteiger partial charge in [-0.3, -0.25) is 9.48 Å². The Morgan fingerprint density at radius 2 is 1.94 bits per heavy atom. The molecule has 0 fully saturated rings. The van der Waals surface area contributed by atoms with Crippen molar-refractivity contribution in [1.82, 2.24) is 9.78 Å². The van der Waals surface area contributed by atoms with Crippen LogP contribution in [0.1, 0.15) is 10.5 Å². The van der Waals surface area contributed by atoms with Crippen molar-refractivity contribution < 1.29 is 4.79 Å². The molecule has 0 aliphatic carbocycles. The average molecular weight is 210 g/mol. The second-order valence-corrected chi connectivity index (χ2v) is 3.81. The first-order valence-corrected chi connectivity index (χ1v) is 5.11. The lowest BCUT2D eigenvalue weighted by Gasteiger charge is -2.00. The fraction of sp³-hybridized carbons (Fsp3) is 0.0769. The molecule has 2 aromatic carbocycles. The molecular formula is C13H10N2O. The number of carbonyl (C=O) groups excluding carboxylic acids is 1. The summed E-state index contributed by atoms with van der Waals surface area (Å²) in [5.74, 6) is 0. The van der Waals surface area contributed by atoms with Crippen LogP contribution in [-0.4, -0.2) is 16.1 Å². The number of nitrogens with zero attached hydrogens (tertiary/aromatic N) is 2. The summed E-state index contributed by atoms with van der Waals surface area (Å²) < 4.78 is 1.77. The van der Waals surface area contributed by atoms with Gasteiger partial charge in [0.25, 0.3) is 0 Å². The highest BCUT2D eigenvalue weighted by atomic mass is 16.1. The molecular weight excluding hydrogens is 200 g/mol. The first-order valence-electron chi connectivity index (χ1n) is 5.11. The van der Waals surface area contributed by atoms with Gasteiger partial charge in [0.15, 0.2) is 6.29 Å². The van der Waals surface area contributed by atoms with Crippen LogP contribution in [0.25, 0.3) is 21.7 Å². The number of hydrogen-bond donors (Lipinski definition) is 0. The topological polar surface area (TPSA) is 34.9 Å². The van der Waals surface area contributed by atoms with Crippen LogP contribution in [0.2, 0.25) is 0 Å². The number of rotatable bonds is 1. The van der Waals surface area contributed by atoms with E-state index in [0.29, 0.717) is 5.69 Å². The van der Waals surface area contributed by atoms with Crippen LogP contribution >= 0.6 is 0 Å². The molecule has 0 saturated carbocycles. The van der Waals surface area contributed by atoms with Gasteiger partial charge in [-0.05, 0) is 11.5 Å². The van der Waals surface area contributed by atoms with E-state index in [1.54, 1.807) is 4.68 Å². The normalized spacial score (nSPS) is 11.1. The largest absolute Gasteiger partial charge is 0.296 e. The quantitative estimate of drug-likeness (QED) is 0.578. The van der Waals surface area contributed by atoms with Gasteiger partial charge in [0, 0.05) is 17.8 Å². The Morgan fingerprint density at radius 1 is 1.12 bits per heavy atom. The molecule has 0 aliphatic heterocycles. The number of aromatic nitrogens is 2. The maximum Gasteiger partial charge on any atom is 0.170 e. The Bertz CT molecular complexity index is 698. The summed E-state index contributed by atoms with van der Waals surface area (Å²) in [5.41, 5.74) is 1.52. The van der Waals surface area contributed by atoms with Crippen molar-refractivity contribution in [2.45, 2.75) is 0 Å². The van der Waals surface area contributed by atoms with Gasteiger partial charge in [0.2, 0.25) is 0 Å². The summed E-state index contributed by atoms with van der Waals surface area (Å²) in [6.45, 7) is 0. The zero-order valence-electron chi connectivity index (χ0n) is 8.84. The first kappa shape index (κ1) is 9.09. The second kappa shape index (κ2) is 3.17. The molecule has 3 rings (SSSR count). The van der Waals surface area contributed by atoms with Crippen molar-refractivity contribution in [1.29, 1.82) is 0 Å². The zero-order chi connectivity index (χ0) is 11.1. The fourth-order valence-corrected chi connectivity index (χ4v) is 2.16. The molecule has 1 aromatic heterocycles. The van der Waals surface area contributed by atoms with Crippen LogP contribution in [0.4, 0.5) is 0 Å². The molecule has 3 heteroatoms. The van der Waals surface area contributed by atoms with Crippen LogP contribution in [-0.2, 0) is 7.05 Å². The van der Waals surface area contributed by atoms with Crippen LogP contribution in [0.3, 0.4) is 0 Å². The third kappa shape index (κ3) is 1.08. The standard InChI is InChI=1S/C13H10N2O/c1-15-13-10-5-3-2-4-9(10)6-7-11(13)12(8-16)14-15/h2-8H,1H3. The van der Waals surface area contributed by atoms with Crippen LogP contribution in [0.15, 0.2) is 36.4 Å². The van der Waals surface area contributed by atoms with Gasteiger partial charge in [-0.15, -0.1) is 0 Å². The molecule has 0 spiro atoms. The van der Waals surface area contributed by atoms with E-state index in [-0.39, 0.29) is 0 Å². The molecule has 16 heavy (non-hydrogen) atoms. The minimum absolute atomic E-state index is 0.503. The smallest absolute Gasteiger partial charge is 0.170 e. The number of aldehydes is 1. The van der Waals surface area contributed by atoms with E-state index in [1.165, 1.54) is 0 Å². The van der Waals surface area contributed by atoms with E-state index in [9.17, 15) is 4.79 Å². The number of carbonyl (C=O) groups is 1. The number of hydrogen-bond acceptors (Lipinski definition) is 2. The van der Waals surface area contributed by atoms with E-state index in [1.807, 2.05) is 37.4 Å². The fourth-order valence-electron chi connectivity index (χ4n) is 2.16. The number of aryl methyl sites for hydroxylation is 1.